The first-order chi connectivity index (χ1) is 12.3. The van der Waals surface area contributed by atoms with Crippen LogP contribution in [0.2, 0.25) is 0 Å². The molecule has 0 radical (unpaired) electrons. The lowest BCUT2D eigenvalue weighted by Gasteiger charge is -2.33. The maximum Gasteiger partial charge on any atom is 0.134 e. The molecule has 0 saturated carbocycles. The van der Waals surface area contributed by atoms with Crippen LogP contribution in [0.3, 0.4) is 0 Å². The van der Waals surface area contributed by atoms with E-state index in [0.29, 0.717) is 5.92 Å². The van der Waals surface area contributed by atoms with Gasteiger partial charge in [0, 0.05) is 32.2 Å². The molecule has 3 heterocycles. The standard InChI is InChI=1S/C20H26N4O/c1-25-18-6-4-5-17(13-18)16-7-11-24(12-8-16)20-14-19(21-15-22-20)23-9-2-3-10-23/h4-6,13-16H,2-3,7-12H2,1H3. The fourth-order valence-electron chi connectivity index (χ4n) is 3.97. The number of aromatic nitrogens is 2. The summed E-state index contributed by atoms with van der Waals surface area (Å²) in [6.45, 7) is 4.32. The van der Waals surface area contributed by atoms with Crippen molar-refractivity contribution in [3.05, 3.63) is 42.2 Å². The van der Waals surface area contributed by atoms with Gasteiger partial charge in [-0.1, -0.05) is 12.1 Å². The van der Waals surface area contributed by atoms with Gasteiger partial charge >= 0.3 is 0 Å². The Morgan fingerprint density at radius 3 is 2.28 bits per heavy atom. The van der Waals surface area contributed by atoms with Gasteiger partial charge in [0.25, 0.3) is 0 Å². The minimum absolute atomic E-state index is 0.603. The third-order valence-electron chi connectivity index (χ3n) is 5.45. The average Bonchev–Trinajstić information content (AvgIpc) is 3.23. The molecule has 0 unspecified atom stereocenters. The molecule has 1 aromatic heterocycles. The van der Waals surface area contributed by atoms with Crippen molar-refractivity contribution in [2.45, 2.75) is 31.6 Å². The first kappa shape index (κ1) is 16.2. The van der Waals surface area contributed by atoms with Crippen LogP contribution in [0.25, 0.3) is 0 Å². The Hall–Kier alpha value is -2.30. The normalized spacial score (nSPS) is 18.6. The van der Waals surface area contributed by atoms with Crippen molar-refractivity contribution in [1.82, 2.24) is 9.97 Å². The zero-order chi connectivity index (χ0) is 17.1. The highest BCUT2D eigenvalue weighted by atomic mass is 16.5. The maximum absolute atomic E-state index is 5.37. The van der Waals surface area contributed by atoms with Crippen molar-refractivity contribution >= 4 is 11.6 Å². The molecule has 0 spiro atoms. The molecule has 2 fully saturated rings. The molecule has 5 nitrogen and oxygen atoms in total. The van der Waals surface area contributed by atoms with Crippen LogP contribution in [0.15, 0.2) is 36.7 Å². The van der Waals surface area contributed by atoms with Crippen LogP contribution in [0.4, 0.5) is 11.6 Å². The summed E-state index contributed by atoms with van der Waals surface area (Å²) in [6.07, 6.45) is 6.56. The Bertz CT molecular complexity index is 706. The summed E-state index contributed by atoms with van der Waals surface area (Å²) in [5.74, 6) is 3.70. The Labute approximate surface area is 149 Å². The number of hydrogen-bond acceptors (Lipinski definition) is 5. The topological polar surface area (TPSA) is 41.5 Å². The Morgan fingerprint density at radius 2 is 1.60 bits per heavy atom. The smallest absolute Gasteiger partial charge is 0.134 e. The molecule has 4 rings (SSSR count). The summed E-state index contributed by atoms with van der Waals surface area (Å²) in [7, 11) is 1.73. The van der Waals surface area contributed by atoms with Gasteiger partial charge in [-0.15, -0.1) is 0 Å². The summed E-state index contributed by atoms with van der Waals surface area (Å²) >= 11 is 0. The van der Waals surface area contributed by atoms with E-state index in [4.69, 9.17) is 4.74 Å². The first-order valence-corrected chi connectivity index (χ1v) is 9.29. The van der Waals surface area contributed by atoms with E-state index in [1.807, 2.05) is 6.07 Å². The van der Waals surface area contributed by atoms with Crippen molar-refractivity contribution in [2.24, 2.45) is 0 Å². The van der Waals surface area contributed by atoms with Gasteiger partial charge in [-0.2, -0.15) is 0 Å². The fourth-order valence-corrected chi connectivity index (χ4v) is 3.97. The Kier molecular flexibility index (Phi) is 4.72. The van der Waals surface area contributed by atoms with Gasteiger partial charge in [0.2, 0.25) is 0 Å². The summed E-state index contributed by atoms with van der Waals surface area (Å²) in [4.78, 5) is 13.8. The molecular weight excluding hydrogens is 312 g/mol. The summed E-state index contributed by atoms with van der Waals surface area (Å²) < 4.78 is 5.37. The second-order valence-electron chi connectivity index (χ2n) is 6.97. The van der Waals surface area contributed by atoms with Crippen LogP contribution in [-0.2, 0) is 0 Å². The fraction of sp³-hybridized carbons (Fsp3) is 0.500. The molecule has 2 aromatic rings. The summed E-state index contributed by atoms with van der Waals surface area (Å²) in [6, 6.07) is 10.7. The van der Waals surface area contributed by atoms with Gasteiger partial charge in [-0.25, -0.2) is 9.97 Å². The lowest BCUT2D eigenvalue weighted by molar-refractivity contribution is 0.412. The highest BCUT2D eigenvalue weighted by Crippen LogP contribution is 2.32. The van der Waals surface area contributed by atoms with E-state index in [2.05, 4.69) is 44.0 Å². The van der Waals surface area contributed by atoms with E-state index in [1.54, 1.807) is 13.4 Å². The zero-order valence-electron chi connectivity index (χ0n) is 14.9. The number of ether oxygens (including phenoxy) is 1. The molecule has 2 aliphatic heterocycles. The number of nitrogens with zero attached hydrogens (tertiary/aromatic N) is 4. The number of methoxy groups -OCH3 is 1. The van der Waals surface area contributed by atoms with Gasteiger partial charge in [-0.3, -0.25) is 0 Å². The lowest BCUT2D eigenvalue weighted by Crippen LogP contribution is -2.33. The van der Waals surface area contributed by atoms with E-state index < -0.39 is 0 Å². The molecule has 0 atom stereocenters. The minimum Gasteiger partial charge on any atom is -0.497 e. The second kappa shape index (κ2) is 7.30. The van der Waals surface area contributed by atoms with E-state index in [1.165, 1.54) is 18.4 Å². The van der Waals surface area contributed by atoms with Gasteiger partial charge in [0.05, 0.1) is 7.11 Å². The molecule has 1 aromatic carbocycles. The van der Waals surface area contributed by atoms with Crippen molar-refractivity contribution in [1.29, 1.82) is 0 Å². The molecular formula is C20H26N4O. The molecule has 0 aliphatic carbocycles. The number of benzene rings is 1. The van der Waals surface area contributed by atoms with Crippen LogP contribution < -0.4 is 14.5 Å². The van der Waals surface area contributed by atoms with Crippen LogP contribution in [-0.4, -0.2) is 43.3 Å². The molecule has 0 N–H and O–H groups in total. The van der Waals surface area contributed by atoms with Crippen molar-refractivity contribution < 1.29 is 4.74 Å². The Balaban J connectivity index is 1.42. The third-order valence-corrected chi connectivity index (χ3v) is 5.45. The van der Waals surface area contributed by atoms with Gasteiger partial charge < -0.3 is 14.5 Å². The number of hydrogen-bond donors (Lipinski definition) is 0. The number of anilines is 2. The first-order valence-electron chi connectivity index (χ1n) is 9.29. The molecule has 0 amide bonds. The third kappa shape index (κ3) is 3.55. The summed E-state index contributed by atoms with van der Waals surface area (Å²) in [5, 5.41) is 0. The zero-order valence-corrected chi connectivity index (χ0v) is 14.9. The SMILES string of the molecule is COc1cccc(C2CCN(c3cc(N4CCCC4)ncn3)CC2)c1. The largest absolute Gasteiger partial charge is 0.497 e. The molecule has 2 aliphatic rings. The van der Waals surface area contributed by atoms with E-state index in [0.717, 1.165) is 56.4 Å². The molecule has 25 heavy (non-hydrogen) atoms. The summed E-state index contributed by atoms with van der Waals surface area (Å²) in [5.41, 5.74) is 1.39. The highest BCUT2D eigenvalue weighted by molar-refractivity contribution is 5.51. The number of piperidine rings is 1. The van der Waals surface area contributed by atoms with E-state index in [-0.39, 0.29) is 0 Å². The van der Waals surface area contributed by atoms with Crippen LogP contribution >= 0.6 is 0 Å². The van der Waals surface area contributed by atoms with Crippen molar-refractivity contribution in [2.75, 3.05) is 43.1 Å². The predicted molar refractivity (Wildman–Crippen MR) is 101 cm³/mol. The van der Waals surface area contributed by atoms with Gasteiger partial charge in [0.1, 0.15) is 23.7 Å². The van der Waals surface area contributed by atoms with Crippen LogP contribution in [0.5, 0.6) is 5.75 Å². The predicted octanol–water partition coefficient (Wildman–Crippen LogP) is 3.47. The molecule has 132 valence electrons. The monoisotopic (exact) mass is 338 g/mol. The lowest BCUT2D eigenvalue weighted by atomic mass is 9.89. The Morgan fingerprint density at radius 1 is 0.920 bits per heavy atom. The molecule has 5 heteroatoms. The van der Waals surface area contributed by atoms with Crippen LogP contribution in [0.1, 0.15) is 37.2 Å². The van der Waals surface area contributed by atoms with Gasteiger partial charge in [-0.05, 0) is 49.3 Å². The van der Waals surface area contributed by atoms with Gasteiger partial charge in [0.15, 0.2) is 0 Å². The van der Waals surface area contributed by atoms with Crippen LogP contribution in [0, 0.1) is 0 Å². The second-order valence-corrected chi connectivity index (χ2v) is 6.97. The quantitative estimate of drug-likeness (QED) is 0.854. The van der Waals surface area contributed by atoms with E-state index in [9.17, 15) is 0 Å². The number of rotatable bonds is 4. The average molecular weight is 338 g/mol. The minimum atomic E-state index is 0.603. The highest BCUT2D eigenvalue weighted by Gasteiger charge is 2.23. The molecule has 0 bridgehead atoms. The van der Waals surface area contributed by atoms with Crippen molar-refractivity contribution in [3.8, 4) is 5.75 Å². The van der Waals surface area contributed by atoms with Crippen molar-refractivity contribution in [3.63, 3.8) is 0 Å². The maximum atomic E-state index is 5.37. The van der Waals surface area contributed by atoms with E-state index >= 15 is 0 Å². The molecule has 2 saturated heterocycles.